The molecule has 1 atom stereocenters. The zero-order valence-electron chi connectivity index (χ0n) is 27.0. The van der Waals surface area contributed by atoms with Crippen LogP contribution in [0.4, 0.5) is 4.79 Å². The summed E-state index contributed by atoms with van der Waals surface area (Å²) in [6.45, 7) is 7.68. The second-order valence-corrected chi connectivity index (χ2v) is 13.7. The highest BCUT2D eigenvalue weighted by Gasteiger charge is 2.40. The maximum Gasteiger partial charge on any atom is 0.317 e. The Bertz CT molecular complexity index is 1430. The first-order valence-corrected chi connectivity index (χ1v) is 17.1. The number of nitrogens with one attached hydrogen (secondary N) is 1. The Labute approximate surface area is 290 Å². The van der Waals surface area contributed by atoms with Gasteiger partial charge in [-0.2, -0.15) is 0 Å². The minimum Gasteiger partial charge on any atom is -0.338 e. The lowest BCUT2D eigenvalue weighted by atomic mass is 9.70. The Morgan fingerprint density at radius 2 is 1.52 bits per heavy atom. The van der Waals surface area contributed by atoms with Crippen LogP contribution >= 0.6 is 35.6 Å². The molecular formula is C37H47Cl3N4O2. The fourth-order valence-corrected chi connectivity index (χ4v) is 7.50. The van der Waals surface area contributed by atoms with E-state index in [2.05, 4.69) is 46.6 Å². The van der Waals surface area contributed by atoms with Gasteiger partial charge >= 0.3 is 6.03 Å². The van der Waals surface area contributed by atoms with Crippen molar-refractivity contribution in [3.05, 3.63) is 106 Å². The molecule has 2 aliphatic heterocycles. The first-order valence-electron chi connectivity index (χ1n) is 16.3. The van der Waals surface area contributed by atoms with Gasteiger partial charge in [0.05, 0.1) is 10.0 Å². The minimum absolute atomic E-state index is 0. The van der Waals surface area contributed by atoms with Crippen LogP contribution in [-0.2, 0) is 10.8 Å². The topological polar surface area (TPSA) is 55.9 Å². The van der Waals surface area contributed by atoms with E-state index in [9.17, 15) is 9.59 Å². The van der Waals surface area contributed by atoms with Gasteiger partial charge in [-0.1, -0.05) is 77.8 Å². The van der Waals surface area contributed by atoms with Crippen molar-refractivity contribution < 1.29 is 9.59 Å². The third-order valence-electron chi connectivity index (χ3n) is 10.1. The first-order chi connectivity index (χ1) is 21.7. The standard InChI is InChI=1S/C37H46Cl2N4O2.ClH/c1-3-41(2)35(45)40-27-36(30-14-8-5-9-15-30)20-24-42(25-21-36)22-10-18-37(31-16-17-32(38)33(39)26-31)19-11-23-43(28-37)34(44)29-12-6-4-7-13-29;/h4-9,12-17,26H,3,10-11,18-25,27-28H2,1-2H3,(H,40,45);1H. The summed E-state index contributed by atoms with van der Waals surface area (Å²) >= 11 is 12.9. The molecule has 2 heterocycles. The van der Waals surface area contributed by atoms with Gasteiger partial charge in [0, 0.05) is 49.6 Å². The molecule has 3 aromatic rings. The number of hydrogen-bond donors (Lipinski definition) is 1. The van der Waals surface area contributed by atoms with Crippen molar-refractivity contribution in [1.29, 1.82) is 0 Å². The summed E-state index contributed by atoms with van der Waals surface area (Å²) in [7, 11) is 1.83. The molecule has 9 heteroatoms. The average Bonchev–Trinajstić information content (AvgIpc) is 3.09. The van der Waals surface area contributed by atoms with Gasteiger partial charge in [-0.25, -0.2) is 4.79 Å². The Hall–Kier alpha value is -2.77. The molecule has 2 saturated heterocycles. The number of amides is 3. The molecule has 0 aromatic heterocycles. The maximum absolute atomic E-state index is 13.5. The van der Waals surface area contributed by atoms with Crippen LogP contribution in [0, 0.1) is 0 Å². The third kappa shape index (κ3) is 8.38. The smallest absolute Gasteiger partial charge is 0.317 e. The van der Waals surface area contributed by atoms with Crippen molar-refractivity contribution in [2.24, 2.45) is 0 Å². The third-order valence-corrected chi connectivity index (χ3v) is 10.9. The molecule has 1 unspecified atom stereocenters. The SMILES string of the molecule is CCN(C)C(=O)NCC1(c2ccccc2)CCN(CCCC2(c3ccc(Cl)c(Cl)c3)CCCN(C(=O)c3ccccc3)C2)CC1.Cl. The van der Waals surface area contributed by atoms with Crippen molar-refractivity contribution in [3.63, 3.8) is 0 Å². The zero-order chi connectivity index (χ0) is 31.9. The van der Waals surface area contributed by atoms with Gasteiger partial charge in [0.15, 0.2) is 0 Å². The molecule has 5 rings (SSSR count). The lowest BCUT2D eigenvalue weighted by Gasteiger charge is -2.45. The normalized spacial score (nSPS) is 19.6. The predicted molar refractivity (Wildman–Crippen MR) is 192 cm³/mol. The molecule has 1 N–H and O–H groups in total. The van der Waals surface area contributed by atoms with E-state index in [1.807, 2.05) is 61.3 Å². The lowest BCUT2D eigenvalue weighted by molar-refractivity contribution is 0.0617. The number of carbonyl (C=O) groups is 2. The van der Waals surface area contributed by atoms with Crippen molar-refractivity contribution in [2.75, 3.05) is 52.9 Å². The van der Waals surface area contributed by atoms with Crippen LogP contribution in [0.5, 0.6) is 0 Å². The summed E-state index contributed by atoms with van der Waals surface area (Å²) < 4.78 is 0. The van der Waals surface area contributed by atoms with Gasteiger partial charge in [0.25, 0.3) is 5.91 Å². The first kappa shape index (κ1) is 36.1. The number of urea groups is 1. The molecule has 0 saturated carbocycles. The molecule has 0 bridgehead atoms. The number of benzene rings is 3. The molecule has 0 spiro atoms. The molecule has 0 aliphatic carbocycles. The summed E-state index contributed by atoms with van der Waals surface area (Å²) in [5.41, 5.74) is 2.93. The molecule has 0 radical (unpaired) electrons. The molecule has 248 valence electrons. The fourth-order valence-electron chi connectivity index (χ4n) is 7.21. The molecule has 46 heavy (non-hydrogen) atoms. The highest BCUT2D eigenvalue weighted by Crippen LogP contribution is 2.41. The van der Waals surface area contributed by atoms with E-state index < -0.39 is 0 Å². The fraction of sp³-hybridized carbons (Fsp3) is 0.459. The summed E-state index contributed by atoms with van der Waals surface area (Å²) in [5, 5.41) is 4.33. The molecule has 2 fully saturated rings. The molecule has 3 amide bonds. The van der Waals surface area contributed by atoms with Crippen LogP contribution in [0.15, 0.2) is 78.9 Å². The predicted octanol–water partition coefficient (Wildman–Crippen LogP) is 8.06. The Morgan fingerprint density at radius 1 is 0.848 bits per heavy atom. The number of likely N-dealkylation sites (tertiary alicyclic amines) is 2. The quantitative estimate of drug-likeness (QED) is 0.235. The summed E-state index contributed by atoms with van der Waals surface area (Å²) in [4.78, 5) is 32.5. The second kappa shape index (κ2) is 16.4. The van der Waals surface area contributed by atoms with E-state index in [-0.39, 0.29) is 35.2 Å². The molecule has 2 aliphatic rings. The number of hydrogen-bond acceptors (Lipinski definition) is 3. The largest absolute Gasteiger partial charge is 0.338 e. The maximum atomic E-state index is 13.5. The van der Waals surface area contributed by atoms with Gasteiger partial charge in [-0.3, -0.25) is 4.79 Å². The number of nitrogens with zero attached hydrogens (tertiary/aromatic N) is 3. The van der Waals surface area contributed by atoms with Crippen LogP contribution in [0.3, 0.4) is 0 Å². The van der Waals surface area contributed by atoms with Crippen LogP contribution in [-0.4, -0.2) is 79.5 Å². The lowest BCUT2D eigenvalue weighted by Crippen LogP contribution is -2.51. The average molecular weight is 686 g/mol. The van der Waals surface area contributed by atoms with E-state index >= 15 is 0 Å². The number of piperidine rings is 2. The van der Waals surface area contributed by atoms with Crippen molar-refractivity contribution in [1.82, 2.24) is 20.0 Å². The number of rotatable bonds is 10. The van der Waals surface area contributed by atoms with Crippen LogP contribution in [0.2, 0.25) is 10.0 Å². The van der Waals surface area contributed by atoms with Gasteiger partial charge in [-0.05, 0) is 100 Å². The monoisotopic (exact) mass is 684 g/mol. The highest BCUT2D eigenvalue weighted by atomic mass is 35.5. The van der Waals surface area contributed by atoms with E-state index in [1.54, 1.807) is 4.90 Å². The van der Waals surface area contributed by atoms with E-state index in [0.29, 0.717) is 29.7 Å². The highest BCUT2D eigenvalue weighted by molar-refractivity contribution is 6.42. The molecular weight excluding hydrogens is 639 g/mol. The summed E-state index contributed by atoms with van der Waals surface area (Å²) in [6.07, 6.45) is 5.91. The van der Waals surface area contributed by atoms with Gasteiger partial charge in [0.1, 0.15) is 0 Å². The summed E-state index contributed by atoms with van der Waals surface area (Å²) in [6, 6.07) is 26.2. The minimum atomic E-state index is -0.184. The molecule has 6 nitrogen and oxygen atoms in total. The zero-order valence-corrected chi connectivity index (χ0v) is 29.3. The van der Waals surface area contributed by atoms with Crippen LogP contribution in [0.25, 0.3) is 0 Å². The Balaban J connectivity index is 0.00000480. The Kier molecular flexibility index (Phi) is 12.8. The molecule has 3 aromatic carbocycles. The van der Waals surface area contributed by atoms with Crippen molar-refractivity contribution in [2.45, 2.75) is 56.3 Å². The van der Waals surface area contributed by atoms with E-state index in [4.69, 9.17) is 23.2 Å². The van der Waals surface area contributed by atoms with Crippen molar-refractivity contribution in [3.8, 4) is 0 Å². The van der Waals surface area contributed by atoms with Crippen molar-refractivity contribution >= 4 is 47.5 Å². The van der Waals surface area contributed by atoms with Crippen LogP contribution < -0.4 is 5.32 Å². The van der Waals surface area contributed by atoms with E-state index in [1.165, 1.54) is 5.56 Å². The van der Waals surface area contributed by atoms with Gasteiger partial charge in [0.2, 0.25) is 0 Å². The summed E-state index contributed by atoms with van der Waals surface area (Å²) in [5.74, 6) is 0.0882. The van der Waals surface area contributed by atoms with Gasteiger partial charge < -0.3 is 20.0 Å². The van der Waals surface area contributed by atoms with Crippen LogP contribution in [0.1, 0.15) is 66.9 Å². The number of halogens is 3. The number of carbonyl (C=O) groups excluding carboxylic acids is 2. The van der Waals surface area contributed by atoms with E-state index in [0.717, 1.165) is 75.8 Å². The second-order valence-electron chi connectivity index (χ2n) is 12.9. The Morgan fingerprint density at radius 3 is 2.17 bits per heavy atom. The van der Waals surface area contributed by atoms with Gasteiger partial charge in [-0.15, -0.1) is 12.4 Å².